The molecule has 0 spiro atoms. The van der Waals surface area contributed by atoms with Crippen LogP contribution in [0.5, 0.6) is 17.2 Å². The van der Waals surface area contributed by atoms with Crippen LogP contribution >= 0.6 is 0 Å². The lowest BCUT2D eigenvalue weighted by atomic mass is 10.1. The van der Waals surface area contributed by atoms with Gasteiger partial charge in [-0.2, -0.15) is 0 Å². The summed E-state index contributed by atoms with van der Waals surface area (Å²) in [5, 5.41) is 2.37. The highest BCUT2D eigenvalue weighted by atomic mass is 16.5. The number of rotatable bonds is 5. The average Bonchev–Trinajstić information content (AvgIpc) is 2.47. The van der Waals surface area contributed by atoms with E-state index in [1.165, 1.54) is 31.7 Å². The van der Waals surface area contributed by atoms with E-state index in [1.807, 2.05) is 12.1 Å². The van der Waals surface area contributed by atoms with Crippen molar-refractivity contribution in [3.8, 4) is 17.2 Å². The quantitative estimate of drug-likeness (QED) is 0.696. The van der Waals surface area contributed by atoms with Crippen LogP contribution in [0.25, 0.3) is 0 Å². The third-order valence-electron chi connectivity index (χ3n) is 3.63. The molecule has 1 aromatic rings. The predicted octanol–water partition coefficient (Wildman–Crippen LogP) is -1.33. The summed E-state index contributed by atoms with van der Waals surface area (Å²) >= 11 is 0. The molecule has 0 amide bonds. The van der Waals surface area contributed by atoms with Gasteiger partial charge in [-0.25, -0.2) is 0 Å². The number of quaternary nitrogens is 2. The Morgan fingerprint density at radius 3 is 2.11 bits per heavy atom. The highest BCUT2D eigenvalue weighted by Crippen LogP contribution is 2.34. The van der Waals surface area contributed by atoms with Crippen molar-refractivity contribution in [1.29, 1.82) is 0 Å². The summed E-state index contributed by atoms with van der Waals surface area (Å²) in [5.41, 5.74) is 1.18. The Hall–Kier alpha value is -1.46. The molecule has 0 bridgehead atoms. The van der Waals surface area contributed by atoms with E-state index in [2.05, 4.69) is 5.32 Å². The Balaban J connectivity index is 2.21. The largest absolute Gasteiger partial charge is 0.496 e. The van der Waals surface area contributed by atoms with Crippen LogP contribution in [0.2, 0.25) is 0 Å². The third kappa shape index (κ3) is 3.30. The van der Waals surface area contributed by atoms with E-state index in [0.29, 0.717) is 5.75 Å². The molecule has 0 aromatic heterocycles. The fourth-order valence-electron chi connectivity index (χ4n) is 2.56. The minimum atomic E-state index is 0.713. The molecular weight excluding hydrogens is 244 g/mol. The average molecular weight is 268 g/mol. The first-order valence-corrected chi connectivity index (χ1v) is 6.72. The summed E-state index contributed by atoms with van der Waals surface area (Å²) in [4.78, 5) is 1.59. The molecule has 2 rings (SSSR count). The summed E-state index contributed by atoms with van der Waals surface area (Å²) in [6.45, 7) is 5.75. The van der Waals surface area contributed by atoms with Crippen LogP contribution < -0.4 is 24.4 Å². The molecule has 0 unspecified atom stereocenters. The van der Waals surface area contributed by atoms with Crippen LogP contribution in [0.1, 0.15) is 5.56 Å². The highest BCUT2D eigenvalue weighted by Gasteiger charge is 2.20. The van der Waals surface area contributed by atoms with Crippen molar-refractivity contribution in [1.82, 2.24) is 0 Å². The minimum absolute atomic E-state index is 0.713. The number of hydrogen-bond acceptors (Lipinski definition) is 3. The summed E-state index contributed by atoms with van der Waals surface area (Å²) in [7, 11) is 5.00. The molecule has 1 saturated heterocycles. The van der Waals surface area contributed by atoms with Crippen LogP contribution in [0.4, 0.5) is 0 Å². The smallest absolute Gasteiger partial charge is 0.164 e. The van der Waals surface area contributed by atoms with E-state index in [1.54, 1.807) is 26.2 Å². The molecule has 1 fully saturated rings. The number of benzene rings is 1. The topological polar surface area (TPSA) is 48.7 Å². The molecule has 1 heterocycles. The number of hydrogen-bond donors (Lipinski definition) is 2. The van der Waals surface area contributed by atoms with Crippen LogP contribution in [-0.4, -0.2) is 47.5 Å². The van der Waals surface area contributed by atoms with Gasteiger partial charge in [0.25, 0.3) is 0 Å². The van der Waals surface area contributed by atoms with Crippen molar-refractivity contribution in [2.45, 2.75) is 6.54 Å². The molecule has 1 aliphatic rings. The Bertz CT molecular complexity index is 417. The van der Waals surface area contributed by atoms with E-state index < -0.39 is 0 Å². The first kappa shape index (κ1) is 14.0. The first-order valence-electron chi connectivity index (χ1n) is 6.72. The summed E-state index contributed by atoms with van der Waals surface area (Å²) in [5.74, 6) is 2.35. The van der Waals surface area contributed by atoms with Gasteiger partial charge in [-0.05, 0) is 6.07 Å². The molecule has 5 heteroatoms. The van der Waals surface area contributed by atoms with Crippen molar-refractivity contribution >= 4 is 0 Å². The van der Waals surface area contributed by atoms with Gasteiger partial charge in [0.15, 0.2) is 11.5 Å². The third-order valence-corrected chi connectivity index (χ3v) is 3.63. The molecule has 1 aliphatic heterocycles. The van der Waals surface area contributed by atoms with E-state index in [9.17, 15) is 0 Å². The molecular formula is C14H24N2O3+2. The summed E-state index contributed by atoms with van der Waals surface area (Å²) in [6.07, 6.45) is 0. The van der Waals surface area contributed by atoms with Gasteiger partial charge in [-0.3, -0.25) is 0 Å². The number of nitrogens with two attached hydrogens (primary N) is 1. The van der Waals surface area contributed by atoms with Crippen LogP contribution in [-0.2, 0) is 6.54 Å². The summed E-state index contributed by atoms with van der Waals surface area (Å²) < 4.78 is 16.1. The summed E-state index contributed by atoms with van der Waals surface area (Å²) in [6, 6.07) is 3.94. The standard InChI is InChI=1S/C14H22N2O3/c1-17-12-9-14(19-3)13(18-2)8-11(12)10-16-6-4-15-5-7-16/h8-9,15H,4-7,10H2,1-3H3/p+2. The van der Waals surface area contributed by atoms with E-state index in [0.717, 1.165) is 18.0 Å². The molecule has 3 N–H and O–H groups in total. The van der Waals surface area contributed by atoms with Gasteiger partial charge in [0, 0.05) is 6.07 Å². The van der Waals surface area contributed by atoms with Crippen LogP contribution in [0.15, 0.2) is 12.1 Å². The zero-order valence-electron chi connectivity index (χ0n) is 12.0. The van der Waals surface area contributed by atoms with Gasteiger partial charge in [0.1, 0.15) is 38.5 Å². The van der Waals surface area contributed by atoms with Gasteiger partial charge in [0.2, 0.25) is 0 Å². The lowest BCUT2D eigenvalue weighted by Gasteiger charge is -2.23. The van der Waals surface area contributed by atoms with Gasteiger partial charge in [-0.1, -0.05) is 0 Å². The molecule has 0 atom stereocenters. The molecule has 106 valence electrons. The minimum Gasteiger partial charge on any atom is -0.496 e. The Kier molecular flexibility index (Phi) is 4.87. The molecule has 0 aliphatic carbocycles. The normalized spacial score (nSPS) is 16.2. The fourth-order valence-corrected chi connectivity index (χ4v) is 2.56. The maximum atomic E-state index is 5.47. The first-order chi connectivity index (χ1) is 9.28. The second kappa shape index (κ2) is 6.63. The Morgan fingerprint density at radius 2 is 1.53 bits per heavy atom. The van der Waals surface area contributed by atoms with E-state index >= 15 is 0 Å². The highest BCUT2D eigenvalue weighted by molar-refractivity contribution is 5.50. The van der Waals surface area contributed by atoms with Gasteiger partial charge in [-0.15, -0.1) is 0 Å². The van der Waals surface area contributed by atoms with Gasteiger partial charge >= 0.3 is 0 Å². The second-order valence-corrected chi connectivity index (χ2v) is 4.81. The number of piperazine rings is 1. The van der Waals surface area contributed by atoms with Gasteiger partial charge in [0.05, 0.1) is 26.9 Å². The zero-order valence-corrected chi connectivity index (χ0v) is 12.0. The number of nitrogens with one attached hydrogen (secondary N) is 1. The maximum Gasteiger partial charge on any atom is 0.164 e. The van der Waals surface area contributed by atoms with Crippen LogP contribution in [0, 0.1) is 0 Å². The molecule has 5 nitrogen and oxygen atoms in total. The maximum absolute atomic E-state index is 5.47. The Morgan fingerprint density at radius 1 is 0.947 bits per heavy atom. The van der Waals surface area contributed by atoms with E-state index in [4.69, 9.17) is 14.2 Å². The van der Waals surface area contributed by atoms with Crippen molar-refractivity contribution in [3.63, 3.8) is 0 Å². The predicted molar refractivity (Wildman–Crippen MR) is 72.2 cm³/mol. The number of ether oxygens (including phenoxy) is 3. The van der Waals surface area contributed by atoms with Crippen LogP contribution in [0.3, 0.4) is 0 Å². The fraction of sp³-hybridized carbons (Fsp3) is 0.571. The van der Waals surface area contributed by atoms with Crippen molar-refractivity contribution in [3.05, 3.63) is 17.7 Å². The van der Waals surface area contributed by atoms with E-state index in [-0.39, 0.29) is 0 Å². The van der Waals surface area contributed by atoms with Crippen molar-refractivity contribution in [2.24, 2.45) is 0 Å². The van der Waals surface area contributed by atoms with Crippen molar-refractivity contribution in [2.75, 3.05) is 47.5 Å². The van der Waals surface area contributed by atoms with Crippen molar-refractivity contribution < 1.29 is 24.4 Å². The molecule has 1 aromatic carbocycles. The molecule has 0 saturated carbocycles. The Labute approximate surface area is 114 Å². The molecule has 0 radical (unpaired) electrons. The molecule has 19 heavy (non-hydrogen) atoms. The van der Waals surface area contributed by atoms with Gasteiger partial charge < -0.3 is 24.4 Å². The zero-order chi connectivity index (χ0) is 13.7. The monoisotopic (exact) mass is 268 g/mol. The lowest BCUT2D eigenvalue weighted by Crippen LogP contribution is -3.19. The lowest BCUT2D eigenvalue weighted by molar-refractivity contribution is -0.958. The second-order valence-electron chi connectivity index (χ2n) is 4.81. The SMILES string of the molecule is COc1cc(OC)c(OC)cc1C[NH+]1CC[NH2+]CC1. The number of methoxy groups -OCH3 is 3.